The van der Waals surface area contributed by atoms with E-state index in [1.165, 1.54) is 4.90 Å². The van der Waals surface area contributed by atoms with Crippen molar-refractivity contribution in [1.29, 1.82) is 0 Å². The second-order valence-electron chi connectivity index (χ2n) is 14.6. The monoisotopic (exact) mass is 622 g/mol. The molecule has 250 valence electrons. The predicted molar refractivity (Wildman–Crippen MR) is 165 cm³/mol. The number of ether oxygens (including phenoxy) is 1. The molecule has 5 atom stereocenters. The van der Waals surface area contributed by atoms with E-state index in [0.717, 1.165) is 12.8 Å². The van der Waals surface area contributed by atoms with Crippen molar-refractivity contribution in [3.8, 4) is 0 Å². The maximum Gasteiger partial charge on any atom is 0.407 e. The Hall–Kier alpha value is -3.38. The first-order chi connectivity index (χ1) is 20.3. The Balaban J connectivity index is 2.28. The van der Waals surface area contributed by atoms with Crippen molar-refractivity contribution in [3.63, 3.8) is 0 Å². The second-order valence-corrected chi connectivity index (χ2v) is 14.6. The van der Waals surface area contributed by atoms with Gasteiger partial charge in [0.2, 0.25) is 17.6 Å². The van der Waals surface area contributed by atoms with Crippen molar-refractivity contribution >= 4 is 35.6 Å². The van der Waals surface area contributed by atoms with Crippen LogP contribution >= 0.6 is 0 Å². The molecule has 2 fully saturated rings. The number of carbonyl (C=O) groups excluding carboxylic acids is 6. The summed E-state index contributed by atoms with van der Waals surface area (Å²) in [6.45, 7) is 17.5. The molecule has 1 aliphatic heterocycles. The molecule has 0 aromatic carbocycles. The first-order valence-electron chi connectivity index (χ1n) is 15.7. The zero-order valence-electron chi connectivity index (χ0n) is 27.9. The lowest BCUT2D eigenvalue weighted by Gasteiger charge is -2.38. The molecule has 0 radical (unpaired) electrons. The predicted octanol–water partition coefficient (Wildman–Crippen LogP) is 2.07. The molecule has 2 aliphatic rings. The normalized spacial score (nSPS) is 20.7. The van der Waals surface area contributed by atoms with Gasteiger partial charge in [0.05, 0.1) is 12.1 Å². The lowest BCUT2D eigenvalue weighted by Crippen LogP contribution is -2.62. The number of carbonyl (C=O) groups is 6. The zero-order chi connectivity index (χ0) is 33.6. The number of primary amides is 1. The maximum absolute atomic E-state index is 14.2. The Morgan fingerprint density at radius 1 is 0.909 bits per heavy atom. The molecular formula is C31H54N6O7. The van der Waals surface area contributed by atoms with Gasteiger partial charge in [-0.3, -0.25) is 19.2 Å². The number of rotatable bonds is 13. The molecule has 6 amide bonds. The van der Waals surface area contributed by atoms with Crippen LogP contribution in [0.1, 0.15) is 88.0 Å². The van der Waals surface area contributed by atoms with E-state index in [0.29, 0.717) is 19.4 Å². The van der Waals surface area contributed by atoms with Crippen LogP contribution < -0.4 is 27.0 Å². The molecule has 6 N–H and O–H groups in total. The summed E-state index contributed by atoms with van der Waals surface area (Å²) in [7, 11) is 0. The van der Waals surface area contributed by atoms with Crippen LogP contribution in [0.2, 0.25) is 0 Å². The van der Waals surface area contributed by atoms with Gasteiger partial charge < -0.3 is 36.6 Å². The summed E-state index contributed by atoms with van der Waals surface area (Å²) in [4.78, 5) is 78.9. The van der Waals surface area contributed by atoms with Crippen LogP contribution in [0.3, 0.4) is 0 Å². The minimum atomic E-state index is -1.11. The van der Waals surface area contributed by atoms with Crippen molar-refractivity contribution in [2.45, 2.75) is 112 Å². The molecule has 1 unspecified atom stereocenters. The molecule has 0 bridgehead atoms. The Bertz CT molecular complexity index is 1080. The van der Waals surface area contributed by atoms with Crippen LogP contribution in [0.15, 0.2) is 0 Å². The van der Waals surface area contributed by atoms with E-state index >= 15 is 0 Å². The van der Waals surface area contributed by atoms with Crippen LogP contribution in [0, 0.1) is 28.6 Å². The van der Waals surface area contributed by atoms with Crippen LogP contribution in [-0.2, 0) is 23.9 Å². The average Bonchev–Trinajstić information content (AvgIpc) is 3.60. The van der Waals surface area contributed by atoms with Gasteiger partial charge in [-0.25, -0.2) is 9.59 Å². The van der Waals surface area contributed by atoms with Gasteiger partial charge in [-0.05, 0) is 48.3 Å². The van der Waals surface area contributed by atoms with E-state index in [4.69, 9.17) is 10.5 Å². The number of nitrogens with two attached hydrogens (primary N) is 1. The van der Waals surface area contributed by atoms with E-state index < -0.39 is 70.6 Å². The highest BCUT2D eigenvalue weighted by molar-refractivity contribution is 6.37. The summed E-state index contributed by atoms with van der Waals surface area (Å²) in [5.74, 6) is -2.82. The molecule has 13 nitrogen and oxygen atoms in total. The number of likely N-dealkylation sites (tertiary alicyclic amines) is 1. The minimum absolute atomic E-state index is 0.0408. The number of Topliss-reactive ketones (excluding diaryl/α,β-unsaturated/α-hetero) is 1. The lowest BCUT2D eigenvalue weighted by molar-refractivity contribution is -0.144. The van der Waals surface area contributed by atoms with E-state index in [1.807, 2.05) is 55.4 Å². The fourth-order valence-corrected chi connectivity index (χ4v) is 5.45. The van der Waals surface area contributed by atoms with Crippen molar-refractivity contribution in [2.75, 3.05) is 19.7 Å². The molecule has 2 rings (SSSR count). The van der Waals surface area contributed by atoms with Crippen molar-refractivity contribution in [2.24, 2.45) is 34.3 Å². The number of nitrogens with zero attached hydrogens (tertiary/aromatic N) is 1. The van der Waals surface area contributed by atoms with Gasteiger partial charge in [-0.15, -0.1) is 0 Å². The third-order valence-corrected chi connectivity index (χ3v) is 8.44. The first kappa shape index (κ1) is 36.8. The van der Waals surface area contributed by atoms with Gasteiger partial charge in [0.25, 0.3) is 5.91 Å². The Morgan fingerprint density at radius 2 is 1.52 bits per heavy atom. The molecule has 0 aromatic heterocycles. The maximum atomic E-state index is 14.2. The van der Waals surface area contributed by atoms with Crippen molar-refractivity contribution in [1.82, 2.24) is 26.2 Å². The van der Waals surface area contributed by atoms with E-state index in [9.17, 15) is 28.8 Å². The fraction of sp³-hybridized carbons (Fsp3) is 0.806. The van der Waals surface area contributed by atoms with Crippen molar-refractivity contribution in [3.05, 3.63) is 0 Å². The van der Waals surface area contributed by atoms with Gasteiger partial charge in [0.1, 0.15) is 18.7 Å². The number of hydrogen-bond acceptors (Lipinski definition) is 7. The van der Waals surface area contributed by atoms with Crippen molar-refractivity contribution < 1.29 is 33.5 Å². The Morgan fingerprint density at radius 3 is 2.00 bits per heavy atom. The summed E-state index contributed by atoms with van der Waals surface area (Å²) in [6, 6.07) is -4.14. The van der Waals surface area contributed by atoms with Crippen LogP contribution in [0.5, 0.6) is 0 Å². The molecule has 1 saturated heterocycles. The third-order valence-electron chi connectivity index (χ3n) is 8.44. The van der Waals surface area contributed by atoms with E-state index in [-0.39, 0.29) is 30.9 Å². The second kappa shape index (κ2) is 15.1. The standard InChI is InChI=1S/C31H54N6O7/c1-10-33-29(43)44-16-21(30(4,5)6)35-28(42)36-24(31(7,8)9)27(41)37-14-13-19(17(2)3)22(37)26(40)34-20(15-18-11-12-18)23(38)25(32)39/h17-22,24H,10-16H2,1-9H3,(H2,32,39)(H,33,43)(H,34,40)(H2,35,36,42)/t19-,20?,21-,22+,24-/m1/s1. The number of ketones is 1. The van der Waals surface area contributed by atoms with Gasteiger partial charge in [0, 0.05) is 13.1 Å². The number of hydrogen-bond donors (Lipinski definition) is 5. The molecule has 1 saturated carbocycles. The van der Waals surface area contributed by atoms with Crippen LogP contribution in [0.4, 0.5) is 9.59 Å². The number of urea groups is 1. The molecule has 0 aromatic rings. The molecular weight excluding hydrogens is 568 g/mol. The summed E-state index contributed by atoms with van der Waals surface area (Å²) < 4.78 is 5.27. The molecule has 0 spiro atoms. The molecule has 1 aliphatic carbocycles. The summed E-state index contributed by atoms with van der Waals surface area (Å²) in [5, 5.41) is 11.0. The van der Waals surface area contributed by atoms with Crippen LogP contribution in [0.25, 0.3) is 0 Å². The van der Waals surface area contributed by atoms with E-state index in [1.54, 1.807) is 6.92 Å². The number of nitrogens with one attached hydrogen (secondary N) is 4. The minimum Gasteiger partial charge on any atom is -0.447 e. The molecule has 13 heteroatoms. The SMILES string of the molecule is CCNC(=O)OC[C@@H](NC(=O)N[C@H](C(=O)N1CC[C@H](C(C)C)[C@H]1C(=O)NC(CC1CC1)C(=O)C(N)=O)C(C)(C)C)C(C)(C)C. The quantitative estimate of drug-likeness (QED) is 0.194. The first-order valence-corrected chi connectivity index (χ1v) is 15.7. The number of amides is 6. The van der Waals surface area contributed by atoms with Gasteiger partial charge in [-0.2, -0.15) is 0 Å². The highest BCUT2D eigenvalue weighted by Crippen LogP contribution is 2.35. The third kappa shape index (κ3) is 10.4. The molecule has 44 heavy (non-hydrogen) atoms. The molecule has 1 heterocycles. The Kier molecular flexibility index (Phi) is 12.6. The largest absolute Gasteiger partial charge is 0.447 e. The summed E-state index contributed by atoms with van der Waals surface area (Å²) >= 11 is 0. The van der Waals surface area contributed by atoms with Crippen LogP contribution in [-0.4, -0.2) is 84.4 Å². The van der Waals surface area contributed by atoms with Gasteiger partial charge in [-0.1, -0.05) is 68.2 Å². The summed E-state index contributed by atoms with van der Waals surface area (Å²) in [5.41, 5.74) is 4.06. The topological polar surface area (TPSA) is 189 Å². The average molecular weight is 623 g/mol. The highest BCUT2D eigenvalue weighted by Gasteiger charge is 2.48. The fourth-order valence-electron chi connectivity index (χ4n) is 5.45. The zero-order valence-corrected chi connectivity index (χ0v) is 27.9. The Labute approximate surface area is 261 Å². The summed E-state index contributed by atoms with van der Waals surface area (Å²) in [6.07, 6.45) is 2.12. The number of alkyl carbamates (subject to hydrolysis) is 1. The highest BCUT2D eigenvalue weighted by atomic mass is 16.5. The lowest BCUT2D eigenvalue weighted by atomic mass is 9.84. The van der Waals surface area contributed by atoms with Gasteiger partial charge in [0.15, 0.2) is 0 Å². The smallest absolute Gasteiger partial charge is 0.407 e. The van der Waals surface area contributed by atoms with Gasteiger partial charge >= 0.3 is 12.1 Å². The van der Waals surface area contributed by atoms with E-state index in [2.05, 4.69) is 21.3 Å².